The Kier molecular flexibility index (Phi) is 1.50. The van der Waals surface area contributed by atoms with Crippen molar-refractivity contribution in [1.29, 1.82) is 0 Å². The second-order valence-electron chi connectivity index (χ2n) is 2.88. The number of hydrogen-bond acceptors (Lipinski definition) is 2. The quantitative estimate of drug-likeness (QED) is 0.547. The topological polar surface area (TPSA) is 55.1 Å². The fourth-order valence-electron chi connectivity index (χ4n) is 1.49. The zero-order chi connectivity index (χ0) is 8.55. The Morgan fingerprint density at radius 2 is 2.25 bits per heavy atom. The SMILES string of the molecule is Nc1cccc2c1CCNC2=O. The fraction of sp³-hybridized carbons (Fsp3) is 0.222. The number of fused-ring (bicyclic) bond motifs is 1. The third-order valence-corrected chi connectivity index (χ3v) is 2.12. The molecule has 0 bridgehead atoms. The summed E-state index contributed by atoms with van der Waals surface area (Å²) in [7, 11) is 0. The Hall–Kier alpha value is -1.51. The van der Waals surface area contributed by atoms with E-state index in [9.17, 15) is 4.79 Å². The van der Waals surface area contributed by atoms with Crippen LogP contribution in [0.2, 0.25) is 0 Å². The van der Waals surface area contributed by atoms with Gasteiger partial charge in [-0.25, -0.2) is 0 Å². The van der Waals surface area contributed by atoms with Gasteiger partial charge < -0.3 is 11.1 Å². The first-order valence-corrected chi connectivity index (χ1v) is 3.94. The molecule has 1 heterocycles. The van der Waals surface area contributed by atoms with Gasteiger partial charge in [0.25, 0.3) is 5.91 Å². The Bertz CT molecular complexity index is 333. The minimum atomic E-state index is -0.0106. The average molecular weight is 162 g/mol. The van der Waals surface area contributed by atoms with Crippen molar-refractivity contribution in [3.63, 3.8) is 0 Å². The molecule has 3 nitrogen and oxygen atoms in total. The molecule has 0 spiro atoms. The van der Waals surface area contributed by atoms with Crippen LogP contribution in [0.4, 0.5) is 5.69 Å². The van der Waals surface area contributed by atoms with Gasteiger partial charge in [0.05, 0.1) is 0 Å². The van der Waals surface area contributed by atoms with Crippen LogP contribution in [0.5, 0.6) is 0 Å². The Morgan fingerprint density at radius 1 is 1.42 bits per heavy atom. The van der Waals surface area contributed by atoms with E-state index in [1.165, 1.54) is 0 Å². The van der Waals surface area contributed by atoms with Gasteiger partial charge in [-0.3, -0.25) is 4.79 Å². The summed E-state index contributed by atoms with van der Waals surface area (Å²) in [5, 5.41) is 2.77. The van der Waals surface area contributed by atoms with Crippen LogP contribution in [0, 0.1) is 0 Å². The number of amides is 1. The van der Waals surface area contributed by atoms with E-state index in [1.807, 2.05) is 6.07 Å². The van der Waals surface area contributed by atoms with Crippen LogP contribution in [0.1, 0.15) is 15.9 Å². The van der Waals surface area contributed by atoms with E-state index in [0.717, 1.165) is 23.2 Å². The van der Waals surface area contributed by atoms with E-state index < -0.39 is 0 Å². The summed E-state index contributed by atoms with van der Waals surface area (Å²) < 4.78 is 0. The standard InChI is InChI=1S/C9H10N2O/c10-8-3-1-2-7-6(8)4-5-11-9(7)12/h1-3H,4-5,10H2,(H,11,12). The summed E-state index contributed by atoms with van der Waals surface area (Å²) in [5.41, 5.74) is 8.16. The fourth-order valence-corrected chi connectivity index (χ4v) is 1.49. The lowest BCUT2D eigenvalue weighted by Crippen LogP contribution is -2.32. The van der Waals surface area contributed by atoms with Gasteiger partial charge in [-0.2, -0.15) is 0 Å². The number of hydrogen-bond donors (Lipinski definition) is 2. The van der Waals surface area contributed by atoms with Crippen LogP contribution in [-0.4, -0.2) is 12.5 Å². The lowest BCUT2D eigenvalue weighted by molar-refractivity contribution is 0.0946. The minimum absolute atomic E-state index is 0.0106. The number of nitrogen functional groups attached to an aromatic ring is 1. The van der Waals surface area contributed by atoms with Crippen molar-refractivity contribution in [3.8, 4) is 0 Å². The Morgan fingerprint density at radius 3 is 3.00 bits per heavy atom. The molecular weight excluding hydrogens is 152 g/mol. The van der Waals surface area contributed by atoms with Gasteiger partial charge in [-0.15, -0.1) is 0 Å². The highest BCUT2D eigenvalue weighted by Gasteiger charge is 2.17. The van der Waals surface area contributed by atoms with Crippen molar-refractivity contribution < 1.29 is 4.79 Å². The summed E-state index contributed by atoms with van der Waals surface area (Å²) >= 11 is 0. The number of nitrogens with two attached hydrogens (primary N) is 1. The van der Waals surface area contributed by atoms with E-state index in [2.05, 4.69) is 5.32 Å². The van der Waals surface area contributed by atoms with Crippen LogP contribution >= 0.6 is 0 Å². The molecule has 1 aromatic carbocycles. The highest BCUT2D eigenvalue weighted by Crippen LogP contribution is 2.19. The first kappa shape index (κ1) is 7.16. The van der Waals surface area contributed by atoms with Crippen molar-refractivity contribution in [1.82, 2.24) is 5.32 Å². The van der Waals surface area contributed by atoms with Gasteiger partial charge in [-0.1, -0.05) is 6.07 Å². The molecular formula is C9H10N2O. The Balaban J connectivity index is 2.59. The lowest BCUT2D eigenvalue weighted by Gasteiger charge is -2.17. The number of rotatable bonds is 0. The van der Waals surface area contributed by atoms with Crippen molar-refractivity contribution in [2.24, 2.45) is 0 Å². The first-order chi connectivity index (χ1) is 5.79. The summed E-state index contributed by atoms with van der Waals surface area (Å²) in [6.45, 7) is 0.694. The molecule has 0 saturated carbocycles. The predicted molar refractivity (Wildman–Crippen MR) is 46.9 cm³/mol. The van der Waals surface area contributed by atoms with Crippen LogP contribution < -0.4 is 11.1 Å². The van der Waals surface area contributed by atoms with Gasteiger partial charge in [-0.05, 0) is 24.1 Å². The maximum absolute atomic E-state index is 11.3. The highest BCUT2D eigenvalue weighted by molar-refractivity contribution is 5.98. The smallest absolute Gasteiger partial charge is 0.251 e. The van der Waals surface area contributed by atoms with Crippen molar-refractivity contribution >= 4 is 11.6 Å². The van der Waals surface area contributed by atoms with Crippen LogP contribution in [0.15, 0.2) is 18.2 Å². The maximum atomic E-state index is 11.3. The highest BCUT2D eigenvalue weighted by atomic mass is 16.1. The maximum Gasteiger partial charge on any atom is 0.251 e. The van der Waals surface area contributed by atoms with Crippen LogP contribution in [0.25, 0.3) is 0 Å². The van der Waals surface area contributed by atoms with Gasteiger partial charge in [0, 0.05) is 17.8 Å². The second-order valence-corrected chi connectivity index (χ2v) is 2.88. The summed E-state index contributed by atoms with van der Waals surface area (Å²) in [5.74, 6) is -0.0106. The molecule has 1 amide bonds. The summed E-state index contributed by atoms with van der Waals surface area (Å²) in [6.07, 6.45) is 0.841. The number of carbonyl (C=O) groups is 1. The zero-order valence-electron chi connectivity index (χ0n) is 6.63. The molecule has 0 atom stereocenters. The minimum Gasteiger partial charge on any atom is -0.398 e. The molecule has 0 unspecified atom stereocenters. The molecule has 0 fully saturated rings. The molecule has 1 aliphatic rings. The van der Waals surface area contributed by atoms with E-state index >= 15 is 0 Å². The third kappa shape index (κ3) is 0.942. The summed E-state index contributed by atoms with van der Waals surface area (Å²) in [6, 6.07) is 5.44. The molecule has 3 N–H and O–H groups in total. The molecule has 62 valence electrons. The molecule has 1 aromatic rings. The number of anilines is 1. The van der Waals surface area contributed by atoms with E-state index in [-0.39, 0.29) is 5.91 Å². The number of benzene rings is 1. The molecule has 1 aliphatic heterocycles. The van der Waals surface area contributed by atoms with Gasteiger partial charge in [0.1, 0.15) is 0 Å². The molecule has 0 aromatic heterocycles. The number of nitrogens with one attached hydrogen (secondary N) is 1. The summed E-state index contributed by atoms with van der Waals surface area (Å²) in [4.78, 5) is 11.3. The molecule has 3 heteroatoms. The van der Waals surface area contributed by atoms with Crippen molar-refractivity contribution in [2.75, 3.05) is 12.3 Å². The molecule has 12 heavy (non-hydrogen) atoms. The number of carbonyl (C=O) groups excluding carboxylic acids is 1. The average Bonchev–Trinajstić information content (AvgIpc) is 2.07. The molecule has 0 aliphatic carbocycles. The van der Waals surface area contributed by atoms with Crippen LogP contribution in [-0.2, 0) is 6.42 Å². The first-order valence-electron chi connectivity index (χ1n) is 3.94. The van der Waals surface area contributed by atoms with E-state index in [0.29, 0.717) is 6.54 Å². The molecule has 0 radical (unpaired) electrons. The van der Waals surface area contributed by atoms with Crippen LogP contribution in [0.3, 0.4) is 0 Å². The monoisotopic (exact) mass is 162 g/mol. The second kappa shape index (κ2) is 2.52. The van der Waals surface area contributed by atoms with E-state index in [4.69, 9.17) is 5.73 Å². The zero-order valence-corrected chi connectivity index (χ0v) is 6.63. The predicted octanol–water partition coefficient (Wildman–Crippen LogP) is 0.555. The van der Waals surface area contributed by atoms with E-state index in [1.54, 1.807) is 12.1 Å². The largest absolute Gasteiger partial charge is 0.398 e. The van der Waals surface area contributed by atoms with Gasteiger partial charge in [0.2, 0.25) is 0 Å². The Labute approximate surface area is 70.6 Å². The molecule has 0 saturated heterocycles. The van der Waals surface area contributed by atoms with Crippen molar-refractivity contribution in [2.45, 2.75) is 6.42 Å². The third-order valence-electron chi connectivity index (χ3n) is 2.12. The normalized spacial score (nSPS) is 15.2. The lowest BCUT2D eigenvalue weighted by atomic mass is 9.99. The van der Waals surface area contributed by atoms with Crippen molar-refractivity contribution in [3.05, 3.63) is 29.3 Å². The van der Waals surface area contributed by atoms with Gasteiger partial charge in [0.15, 0.2) is 0 Å². The molecule has 2 rings (SSSR count). The van der Waals surface area contributed by atoms with Gasteiger partial charge >= 0.3 is 0 Å².